The standard InChI is InChI=1S/C20H24N2O3S/c23-19(12-16-7-4-10-26-16)22-18-11-15(20(24)25)8-9-17(18)21-13-14-5-2-1-3-6-14/h4,7-11,14,21H,1-3,5-6,12-13H2,(H,22,23)(H,24,25). The van der Waals surface area contributed by atoms with E-state index in [4.69, 9.17) is 0 Å². The van der Waals surface area contributed by atoms with Gasteiger partial charge in [-0.1, -0.05) is 25.3 Å². The van der Waals surface area contributed by atoms with Crippen LogP contribution in [0.15, 0.2) is 35.7 Å². The van der Waals surface area contributed by atoms with Crippen LogP contribution >= 0.6 is 11.3 Å². The summed E-state index contributed by atoms with van der Waals surface area (Å²) in [4.78, 5) is 24.6. The normalized spacial score (nSPS) is 14.8. The molecule has 1 aliphatic carbocycles. The van der Waals surface area contributed by atoms with Gasteiger partial charge in [0.05, 0.1) is 23.4 Å². The van der Waals surface area contributed by atoms with Crippen molar-refractivity contribution in [3.8, 4) is 0 Å². The lowest BCUT2D eigenvalue weighted by molar-refractivity contribution is -0.115. The Balaban J connectivity index is 1.70. The van der Waals surface area contributed by atoms with Crippen LogP contribution in [0.4, 0.5) is 11.4 Å². The summed E-state index contributed by atoms with van der Waals surface area (Å²) < 4.78 is 0. The molecule has 0 spiro atoms. The van der Waals surface area contributed by atoms with Crippen molar-refractivity contribution in [2.75, 3.05) is 17.2 Å². The predicted molar refractivity (Wildman–Crippen MR) is 105 cm³/mol. The van der Waals surface area contributed by atoms with Crippen molar-refractivity contribution in [2.24, 2.45) is 5.92 Å². The van der Waals surface area contributed by atoms with Gasteiger partial charge in [-0.2, -0.15) is 0 Å². The minimum Gasteiger partial charge on any atom is -0.478 e. The third-order valence-electron chi connectivity index (χ3n) is 4.76. The quantitative estimate of drug-likeness (QED) is 0.663. The number of nitrogens with one attached hydrogen (secondary N) is 2. The Morgan fingerprint density at radius 1 is 1.12 bits per heavy atom. The fourth-order valence-electron chi connectivity index (χ4n) is 3.35. The van der Waals surface area contributed by atoms with Crippen LogP contribution in [-0.4, -0.2) is 23.5 Å². The Kier molecular flexibility index (Phi) is 6.28. The maximum Gasteiger partial charge on any atom is 0.335 e. The summed E-state index contributed by atoms with van der Waals surface area (Å²) >= 11 is 1.53. The average Bonchev–Trinajstić information content (AvgIpc) is 3.14. The van der Waals surface area contributed by atoms with Gasteiger partial charge >= 0.3 is 5.97 Å². The van der Waals surface area contributed by atoms with Crippen molar-refractivity contribution in [3.63, 3.8) is 0 Å². The maximum absolute atomic E-state index is 12.3. The Bertz CT molecular complexity index is 752. The number of thiophene rings is 1. The number of amides is 1. The summed E-state index contributed by atoms with van der Waals surface area (Å²) in [6.07, 6.45) is 6.59. The fourth-order valence-corrected chi connectivity index (χ4v) is 4.05. The molecule has 0 saturated heterocycles. The van der Waals surface area contributed by atoms with Crippen molar-refractivity contribution in [1.29, 1.82) is 0 Å². The smallest absolute Gasteiger partial charge is 0.335 e. The topological polar surface area (TPSA) is 78.4 Å². The molecule has 1 fully saturated rings. The van der Waals surface area contributed by atoms with Gasteiger partial charge in [-0.05, 0) is 48.4 Å². The first-order valence-corrected chi connectivity index (χ1v) is 9.93. The lowest BCUT2D eigenvalue weighted by Gasteiger charge is -2.23. The molecule has 0 bridgehead atoms. The van der Waals surface area contributed by atoms with Crippen molar-refractivity contribution in [3.05, 3.63) is 46.2 Å². The van der Waals surface area contributed by atoms with Crippen molar-refractivity contribution >= 4 is 34.6 Å². The molecule has 5 nitrogen and oxygen atoms in total. The maximum atomic E-state index is 12.3. The lowest BCUT2D eigenvalue weighted by Crippen LogP contribution is -2.19. The molecule has 6 heteroatoms. The van der Waals surface area contributed by atoms with Crippen LogP contribution in [0, 0.1) is 5.92 Å². The molecular formula is C20H24N2O3S. The van der Waals surface area contributed by atoms with Gasteiger partial charge in [0.2, 0.25) is 5.91 Å². The van der Waals surface area contributed by atoms with E-state index >= 15 is 0 Å². The number of benzene rings is 1. The van der Waals surface area contributed by atoms with E-state index in [2.05, 4.69) is 10.6 Å². The summed E-state index contributed by atoms with van der Waals surface area (Å²) in [5.41, 5.74) is 1.47. The van der Waals surface area contributed by atoms with Crippen LogP contribution in [0.5, 0.6) is 0 Å². The molecule has 1 aliphatic rings. The van der Waals surface area contributed by atoms with Gasteiger partial charge in [0, 0.05) is 11.4 Å². The molecule has 3 N–H and O–H groups in total. The van der Waals surface area contributed by atoms with E-state index in [0.29, 0.717) is 11.6 Å². The predicted octanol–water partition coefficient (Wildman–Crippen LogP) is 4.62. The van der Waals surface area contributed by atoms with Crippen molar-refractivity contribution < 1.29 is 14.7 Å². The molecular weight excluding hydrogens is 348 g/mol. The van der Waals surface area contributed by atoms with Crippen LogP contribution in [0.25, 0.3) is 0 Å². The second-order valence-corrected chi connectivity index (χ2v) is 7.79. The van der Waals surface area contributed by atoms with Crippen LogP contribution < -0.4 is 10.6 Å². The zero-order valence-electron chi connectivity index (χ0n) is 14.7. The molecule has 138 valence electrons. The number of hydrogen-bond donors (Lipinski definition) is 3. The van der Waals surface area contributed by atoms with Gasteiger partial charge < -0.3 is 15.7 Å². The van der Waals surface area contributed by atoms with Crippen LogP contribution in [0.1, 0.15) is 47.3 Å². The van der Waals surface area contributed by atoms with Crippen molar-refractivity contribution in [2.45, 2.75) is 38.5 Å². The molecule has 0 atom stereocenters. The van der Waals surface area contributed by atoms with E-state index < -0.39 is 5.97 Å². The Morgan fingerprint density at radius 3 is 2.62 bits per heavy atom. The third kappa shape index (κ3) is 5.08. The number of aromatic carboxylic acids is 1. The molecule has 1 saturated carbocycles. The van der Waals surface area contributed by atoms with Gasteiger partial charge in [-0.3, -0.25) is 4.79 Å². The molecule has 1 aromatic heterocycles. The largest absolute Gasteiger partial charge is 0.478 e. The van der Waals surface area contributed by atoms with Gasteiger partial charge in [0.25, 0.3) is 0 Å². The number of carboxylic acids is 1. The second-order valence-electron chi connectivity index (χ2n) is 6.75. The fraction of sp³-hybridized carbons (Fsp3) is 0.400. The molecule has 0 aliphatic heterocycles. The number of carboxylic acid groups (broad SMARTS) is 1. The number of carbonyl (C=O) groups is 2. The van der Waals surface area contributed by atoms with Crippen molar-refractivity contribution in [1.82, 2.24) is 0 Å². The van der Waals surface area contributed by atoms with Crippen LogP contribution in [0.2, 0.25) is 0 Å². The summed E-state index contributed by atoms with van der Waals surface area (Å²) in [7, 11) is 0. The molecule has 2 aromatic rings. The molecule has 0 unspecified atom stereocenters. The van der Waals surface area contributed by atoms with E-state index in [9.17, 15) is 14.7 Å². The van der Waals surface area contributed by atoms with E-state index in [1.807, 2.05) is 17.5 Å². The first-order valence-electron chi connectivity index (χ1n) is 9.05. The Morgan fingerprint density at radius 2 is 1.92 bits per heavy atom. The summed E-state index contributed by atoms with van der Waals surface area (Å²) in [6.45, 7) is 0.847. The van der Waals surface area contributed by atoms with E-state index in [1.165, 1.54) is 49.5 Å². The minimum atomic E-state index is -1.00. The second kappa shape index (κ2) is 8.85. The third-order valence-corrected chi connectivity index (χ3v) is 5.64. The number of anilines is 2. The number of carbonyl (C=O) groups excluding carboxylic acids is 1. The highest BCUT2D eigenvalue weighted by molar-refractivity contribution is 7.10. The van der Waals surface area contributed by atoms with E-state index in [1.54, 1.807) is 12.1 Å². The summed E-state index contributed by atoms with van der Waals surface area (Å²) in [5, 5.41) is 17.5. The highest BCUT2D eigenvalue weighted by Crippen LogP contribution is 2.27. The molecule has 1 heterocycles. The Labute approximate surface area is 157 Å². The lowest BCUT2D eigenvalue weighted by atomic mass is 9.89. The highest BCUT2D eigenvalue weighted by atomic mass is 32.1. The van der Waals surface area contributed by atoms with Gasteiger partial charge in [-0.15, -0.1) is 11.3 Å². The molecule has 0 radical (unpaired) electrons. The zero-order valence-corrected chi connectivity index (χ0v) is 15.5. The molecule has 26 heavy (non-hydrogen) atoms. The van der Waals surface area contributed by atoms with E-state index in [-0.39, 0.29) is 17.9 Å². The highest BCUT2D eigenvalue weighted by Gasteiger charge is 2.16. The van der Waals surface area contributed by atoms with E-state index in [0.717, 1.165) is 17.1 Å². The van der Waals surface area contributed by atoms with Crippen LogP contribution in [-0.2, 0) is 11.2 Å². The first kappa shape index (κ1) is 18.5. The number of rotatable bonds is 7. The Hall–Kier alpha value is -2.34. The minimum absolute atomic E-state index is 0.143. The molecule has 1 aromatic carbocycles. The first-order chi connectivity index (χ1) is 12.6. The molecule has 1 amide bonds. The average molecular weight is 372 g/mol. The van der Waals surface area contributed by atoms with Gasteiger partial charge in [0.1, 0.15) is 0 Å². The van der Waals surface area contributed by atoms with Gasteiger partial charge in [0.15, 0.2) is 0 Å². The van der Waals surface area contributed by atoms with Crippen LogP contribution in [0.3, 0.4) is 0 Å². The monoisotopic (exact) mass is 372 g/mol. The van der Waals surface area contributed by atoms with Gasteiger partial charge in [-0.25, -0.2) is 4.79 Å². The summed E-state index contributed by atoms with van der Waals surface area (Å²) in [5.74, 6) is -0.508. The summed E-state index contributed by atoms with van der Waals surface area (Å²) in [6, 6.07) is 8.67. The number of hydrogen-bond acceptors (Lipinski definition) is 4. The SMILES string of the molecule is O=C(Cc1cccs1)Nc1cc(C(=O)O)ccc1NCC1CCCCC1. The zero-order chi connectivity index (χ0) is 18.4. The molecule has 3 rings (SSSR count).